The summed E-state index contributed by atoms with van der Waals surface area (Å²) in [5, 5.41) is 4.87. The van der Waals surface area contributed by atoms with Crippen LogP contribution in [0.3, 0.4) is 0 Å². The first kappa shape index (κ1) is 15.7. The summed E-state index contributed by atoms with van der Waals surface area (Å²) >= 11 is 1.60. The standard InChI is InChI=1S/C17H19N3O2S/c1-11(2)8-12-9-14(22-19-12)17(21)20(3)10-16-18-13-6-4-5-7-15(13)23-16/h4-7,9,11H,8,10H2,1-3H3. The Labute approximate surface area is 138 Å². The van der Waals surface area contributed by atoms with Gasteiger partial charge in [0.2, 0.25) is 5.76 Å². The minimum atomic E-state index is -0.174. The van der Waals surface area contributed by atoms with Crippen LogP contribution in [-0.2, 0) is 13.0 Å². The fraction of sp³-hybridized carbons (Fsp3) is 0.353. The Morgan fingerprint density at radius 1 is 1.35 bits per heavy atom. The van der Waals surface area contributed by atoms with Gasteiger partial charge in [0.1, 0.15) is 5.01 Å². The number of hydrogen-bond donors (Lipinski definition) is 0. The highest BCUT2D eigenvalue weighted by Crippen LogP contribution is 2.23. The van der Waals surface area contributed by atoms with E-state index in [1.165, 1.54) is 0 Å². The van der Waals surface area contributed by atoms with Gasteiger partial charge in [-0.2, -0.15) is 0 Å². The van der Waals surface area contributed by atoms with Crippen molar-refractivity contribution in [1.82, 2.24) is 15.0 Å². The number of thiazole rings is 1. The van der Waals surface area contributed by atoms with Crippen molar-refractivity contribution >= 4 is 27.5 Å². The second-order valence-electron chi connectivity index (χ2n) is 6.02. The molecule has 0 saturated carbocycles. The largest absolute Gasteiger partial charge is 0.351 e. The number of carbonyl (C=O) groups excluding carboxylic acids is 1. The van der Waals surface area contributed by atoms with Crippen LogP contribution in [-0.4, -0.2) is 28.0 Å². The Bertz CT molecular complexity index is 789. The zero-order chi connectivity index (χ0) is 16.4. The van der Waals surface area contributed by atoms with Crippen LogP contribution in [0.25, 0.3) is 10.2 Å². The van der Waals surface area contributed by atoms with Crippen LogP contribution in [0.4, 0.5) is 0 Å². The molecule has 0 unspecified atom stereocenters. The van der Waals surface area contributed by atoms with Gasteiger partial charge in [-0.3, -0.25) is 4.79 Å². The van der Waals surface area contributed by atoms with Crippen LogP contribution in [0.15, 0.2) is 34.9 Å². The average molecular weight is 329 g/mol. The third-order valence-electron chi connectivity index (χ3n) is 3.44. The van der Waals surface area contributed by atoms with Crippen LogP contribution in [0.2, 0.25) is 0 Å². The highest BCUT2D eigenvalue weighted by molar-refractivity contribution is 7.18. The van der Waals surface area contributed by atoms with Gasteiger partial charge >= 0.3 is 0 Å². The fourth-order valence-electron chi connectivity index (χ4n) is 2.38. The van der Waals surface area contributed by atoms with Gasteiger partial charge < -0.3 is 9.42 Å². The Balaban J connectivity index is 1.70. The summed E-state index contributed by atoms with van der Waals surface area (Å²) in [5.74, 6) is 0.583. The minimum absolute atomic E-state index is 0.174. The van der Waals surface area contributed by atoms with Gasteiger partial charge in [-0.05, 0) is 24.5 Å². The summed E-state index contributed by atoms with van der Waals surface area (Å²) in [6.45, 7) is 4.67. The van der Waals surface area contributed by atoms with Crippen LogP contribution >= 0.6 is 11.3 Å². The second-order valence-corrected chi connectivity index (χ2v) is 7.13. The molecule has 3 rings (SSSR count). The number of rotatable bonds is 5. The van der Waals surface area contributed by atoms with Gasteiger partial charge in [-0.15, -0.1) is 11.3 Å². The van der Waals surface area contributed by atoms with Gasteiger partial charge in [-0.25, -0.2) is 4.98 Å². The molecule has 120 valence electrons. The maximum absolute atomic E-state index is 12.4. The van der Waals surface area contributed by atoms with E-state index in [1.54, 1.807) is 29.4 Å². The van der Waals surface area contributed by atoms with Crippen LogP contribution in [0.1, 0.15) is 35.1 Å². The number of amides is 1. The molecule has 0 atom stereocenters. The predicted octanol–water partition coefficient (Wildman–Crippen LogP) is 3.76. The van der Waals surface area contributed by atoms with Crippen molar-refractivity contribution in [2.45, 2.75) is 26.8 Å². The number of para-hydroxylation sites is 1. The molecule has 0 saturated heterocycles. The third-order valence-corrected chi connectivity index (χ3v) is 4.47. The Kier molecular flexibility index (Phi) is 4.43. The van der Waals surface area contributed by atoms with E-state index in [4.69, 9.17) is 4.52 Å². The van der Waals surface area contributed by atoms with Gasteiger partial charge in [0, 0.05) is 13.1 Å². The van der Waals surface area contributed by atoms with Crippen molar-refractivity contribution in [3.63, 3.8) is 0 Å². The average Bonchev–Trinajstić information content (AvgIpc) is 3.11. The van der Waals surface area contributed by atoms with Gasteiger partial charge in [0.15, 0.2) is 0 Å². The highest BCUT2D eigenvalue weighted by atomic mass is 32.1. The molecule has 1 aromatic carbocycles. The van der Waals surface area contributed by atoms with E-state index in [-0.39, 0.29) is 11.7 Å². The summed E-state index contributed by atoms with van der Waals surface area (Å²) in [4.78, 5) is 18.6. The van der Waals surface area contributed by atoms with Crippen LogP contribution < -0.4 is 0 Å². The summed E-state index contributed by atoms with van der Waals surface area (Å²) < 4.78 is 6.31. The molecule has 2 aromatic heterocycles. The lowest BCUT2D eigenvalue weighted by Crippen LogP contribution is -2.25. The number of carbonyl (C=O) groups is 1. The lowest BCUT2D eigenvalue weighted by Gasteiger charge is -2.12. The lowest BCUT2D eigenvalue weighted by molar-refractivity contribution is 0.0743. The predicted molar refractivity (Wildman–Crippen MR) is 90.5 cm³/mol. The maximum atomic E-state index is 12.4. The van der Waals surface area contributed by atoms with Crippen molar-refractivity contribution in [2.75, 3.05) is 7.05 Å². The second kappa shape index (κ2) is 6.50. The van der Waals surface area contributed by atoms with Crippen molar-refractivity contribution in [3.05, 3.63) is 46.8 Å². The van der Waals surface area contributed by atoms with Crippen molar-refractivity contribution in [3.8, 4) is 0 Å². The first-order valence-corrected chi connectivity index (χ1v) is 8.40. The molecule has 0 aliphatic rings. The van der Waals surface area contributed by atoms with Crippen molar-refractivity contribution in [1.29, 1.82) is 0 Å². The SMILES string of the molecule is CC(C)Cc1cc(C(=O)N(C)Cc2nc3ccccc3s2)on1. The zero-order valence-electron chi connectivity index (χ0n) is 13.4. The molecular formula is C17H19N3O2S. The van der Waals surface area contributed by atoms with Crippen molar-refractivity contribution < 1.29 is 9.32 Å². The van der Waals surface area contributed by atoms with E-state index in [9.17, 15) is 4.79 Å². The molecule has 23 heavy (non-hydrogen) atoms. The zero-order valence-corrected chi connectivity index (χ0v) is 14.3. The molecule has 0 N–H and O–H groups in total. The first-order valence-electron chi connectivity index (χ1n) is 7.58. The highest BCUT2D eigenvalue weighted by Gasteiger charge is 2.19. The summed E-state index contributed by atoms with van der Waals surface area (Å²) in [6, 6.07) is 9.70. The quantitative estimate of drug-likeness (QED) is 0.715. The number of benzene rings is 1. The maximum Gasteiger partial charge on any atom is 0.292 e. The topological polar surface area (TPSA) is 59.2 Å². The molecule has 5 nitrogen and oxygen atoms in total. The fourth-order valence-corrected chi connectivity index (χ4v) is 3.40. The number of aromatic nitrogens is 2. The van der Waals surface area contributed by atoms with Gasteiger partial charge in [0.25, 0.3) is 5.91 Å². The summed E-state index contributed by atoms with van der Waals surface area (Å²) in [7, 11) is 1.75. The van der Waals surface area contributed by atoms with Gasteiger partial charge in [-0.1, -0.05) is 31.1 Å². The third kappa shape index (κ3) is 3.59. The lowest BCUT2D eigenvalue weighted by atomic mass is 10.1. The smallest absolute Gasteiger partial charge is 0.292 e. The molecule has 3 aromatic rings. The molecule has 0 aliphatic carbocycles. The minimum Gasteiger partial charge on any atom is -0.351 e. The number of fused-ring (bicyclic) bond motifs is 1. The van der Waals surface area contributed by atoms with E-state index in [0.717, 1.165) is 27.3 Å². The van der Waals surface area contributed by atoms with E-state index in [0.29, 0.717) is 12.5 Å². The van der Waals surface area contributed by atoms with E-state index >= 15 is 0 Å². The van der Waals surface area contributed by atoms with Crippen molar-refractivity contribution in [2.24, 2.45) is 5.92 Å². The molecule has 0 aliphatic heterocycles. The van der Waals surface area contributed by atoms with Gasteiger partial charge in [0.05, 0.1) is 22.5 Å². The molecule has 0 spiro atoms. The van der Waals surface area contributed by atoms with E-state index < -0.39 is 0 Å². The first-order chi connectivity index (χ1) is 11.0. The number of nitrogens with zero attached hydrogens (tertiary/aromatic N) is 3. The van der Waals surface area contributed by atoms with E-state index in [2.05, 4.69) is 24.0 Å². The van der Waals surface area contributed by atoms with E-state index in [1.807, 2.05) is 24.3 Å². The van der Waals surface area contributed by atoms with Crippen LogP contribution in [0.5, 0.6) is 0 Å². The normalized spacial score (nSPS) is 11.3. The molecule has 2 heterocycles. The molecule has 0 bridgehead atoms. The number of hydrogen-bond acceptors (Lipinski definition) is 5. The molecule has 6 heteroatoms. The monoisotopic (exact) mass is 329 g/mol. The molecule has 0 fully saturated rings. The summed E-state index contributed by atoms with van der Waals surface area (Å²) in [6.07, 6.45) is 0.804. The Morgan fingerprint density at radius 3 is 2.87 bits per heavy atom. The van der Waals surface area contributed by atoms with Crippen LogP contribution in [0, 0.1) is 5.92 Å². The Hall–Kier alpha value is -2.21. The summed E-state index contributed by atoms with van der Waals surface area (Å²) in [5.41, 5.74) is 1.78. The molecule has 1 amide bonds. The molecule has 0 radical (unpaired) electrons. The molecular weight excluding hydrogens is 310 g/mol. The Morgan fingerprint density at radius 2 is 2.13 bits per heavy atom.